The average molecular weight is 394 g/mol. The molecule has 152 valence electrons. The number of aliphatic hydroxyl groups excluding tert-OH is 3. The molecule has 3 rings (SSSR count). The molecular formula is C16H22N6O6. The van der Waals surface area contributed by atoms with Gasteiger partial charge in [0.05, 0.1) is 12.4 Å². The number of hydrogen-bond donors (Lipinski definition) is 6. The van der Waals surface area contributed by atoms with E-state index in [0.29, 0.717) is 17.6 Å². The quantitative estimate of drug-likeness (QED) is 0.287. The number of anilines is 1. The van der Waals surface area contributed by atoms with Crippen LogP contribution in [0.1, 0.15) is 19.1 Å². The molecular weight excluding hydrogens is 372 g/mol. The zero-order chi connectivity index (χ0) is 20.4. The fourth-order valence-electron chi connectivity index (χ4n) is 3.05. The molecule has 1 saturated heterocycles. The number of carboxylic acid groups (broad SMARTS) is 1. The number of hydrogen-bond acceptors (Lipinski definition) is 10. The van der Waals surface area contributed by atoms with E-state index in [1.807, 2.05) is 0 Å². The number of allylic oxidation sites excluding steroid dienone is 1. The standard InChI is InChI=1S/C16H22N6O6/c17-7(16(26)27)3-1-2-4-8(23)12-10(24)11(25)15(28-12)22-6-21-9-13(18)19-5-20-14(9)22/h1,3,5-8,10-12,15,23-25H,2,4,17H2,(H,26,27)(H2,18,19,20)/b3-1+/t7?,8?,10-,11+,12+,15+/m0/s1. The molecule has 0 saturated carbocycles. The van der Waals surface area contributed by atoms with E-state index in [1.54, 1.807) is 0 Å². The van der Waals surface area contributed by atoms with E-state index >= 15 is 0 Å². The summed E-state index contributed by atoms with van der Waals surface area (Å²) < 4.78 is 7.10. The maximum absolute atomic E-state index is 10.6. The van der Waals surface area contributed by atoms with Crippen LogP contribution in [0.5, 0.6) is 0 Å². The van der Waals surface area contributed by atoms with Crippen LogP contribution in [-0.4, -0.2) is 76.4 Å². The van der Waals surface area contributed by atoms with Crippen molar-refractivity contribution in [2.75, 3.05) is 5.73 Å². The molecule has 1 aliphatic rings. The first-order valence-corrected chi connectivity index (χ1v) is 8.59. The first-order valence-electron chi connectivity index (χ1n) is 8.59. The third kappa shape index (κ3) is 3.81. The van der Waals surface area contributed by atoms with Crippen LogP contribution in [-0.2, 0) is 9.53 Å². The van der Waals surface area contributed by atoms with E-state index in [1.165, 1.54) is 29.4 Å². The number of carboxylic acids is 1. The Labute approximate surface area is 159 Å². The summed E-state index contributed by atoms with van der Waals surface area (Å²) in [6.07, 6.45) is 0.0662. The van der Waals surface area contributed by atoms with Crippen LogP contribution in [0.2, 0.25) is 0 Å². The summed E-state index contributed by atoms with van der Waals surface area (Å²) >= 11 is 0. The smallest absolute Gasteiger partial charge is 0.324 e. The second kappa shape index (κ2) is 8.16. The van der Waals surface area contributed by atoms with Gasteiger partial charge in [-0.1, -0.05) is 12.2 Å². The lowest BCUT2D eigenvalue weighted by Crippen LogP contribution is -2.38. The minimum Gasteiger partial charge on any atom is -0.480 e. The van der Waals surface area contributed by atoms with Crippen molar-refractivity contribution in [3.05, 3.63) is 24.8 Å². The molecule has 12 heteroatoms. The molecule has 0 amide bonds. The predicted molar refractivity (Wildman–Crippen MR) is 95.7 cm³/mol. The third-order valence-electron chi connectivity index (χ3n) is 4.57. The number of aliphatic hydroxyl groups is 3. The van der Waals surface area contributed by atoms with E-state index in [9.17, 15) is 20.1 Å². The van der Waals surface area contributed by atoms with Crippen LogP contribution in [0.3, 0.4) is 0 Å². The number of nitrogen functional groups attached to an aromatic ring is 1. The summed E-state index contributed by atoms with van der Waals surface area (Å²) in [6.45, 7) is 0. The minimum absolute atomic E-state index is 0.166. The topological polar surface area (TPSA) is 203 Å². The van der Waals surface area contributed by atoms with Gasteiger partial charge in [0.25, 0.3) is 0 Å². The SMILES string of the molecule is Nc1ncnc2c1ncn2[C@@H]1O[C@H](C(O)CC/C=C/C(N)C(=O)O)[C@@H](O)[C@H]1O. The summed E-state index contributed by atoms with van der Waals surface area (Å²) in [7, 11) is 0. The highest BCUT2D eigenvalue weighted by atomic mass is 16.6. The van der Waals surface area contributed by atoms with Gasteiger partial charge in [0.2, 0.25) is 0 Å². The number of imidazole rings is 1. The second-order valence-electron chi connectivity index (χ2n) is 6.49. The molecule has 28 heavy (non-hydrogen) atoms. The molecule has 3 heterocycles. The van der Waals surface area contributed by atoms with Crippen LogP contribution in [0, 0.1) is 0 Å². The van der Waals surface area contributed by atoms with Crippen molar-refractivity contribution in [1.29, 1.82) is 0 Å². The zero-order valence-corrected chi connectivity index (χ0v) is 14.7. The van der Waals surface area contributed by atoms with Crippen molar-refractivity contribution in [2.45, 2.75) is 49.5 Å². The average Bonchev–Trinajstić information content (AvgIpc) is 3.21. The number of fused-ring (bicyclic) bond motifs is 1. The summed E-state index contributed by atoms with van der Waals surface area (Å²) in [4.78, 5) is 22.6. The van der Waals surface area contributed by atoms with Gasteiger partial charge < -0.3 is 36.6 Å². The lowest BCUT2D eigenvalue weighted by molar-refractivity contribution is -0.137. The van der Waals surface area contributed by atoms with Crippen LogP contribution in [0.4, 0.5) is 5.82 Å². The number of aliphatic carboxylic acids is 1. The maximum atomic E-state index is 10.6. The molecule has 0 aromatic carbocycles. The Balaban J connectivity index is 1.68. The van der Waals surface area contributed by atoms with Crippen molar-refractivity contribution < 1.29 is 30.0 Å². The van der Waals surface area contributed by atoms with Crippen LogP contribution in [0.15, 0.2) is 24.8 Å². The summed E-state index contributed by atoms with van der Waals surface area (Å²) in [5.41, 5.74) is 11.7. The highest BCUT2D eigenvalue weighted by Crippen LogP contribution is 2.34. The van der Waals surface area contributed by atoms with E-state index in [4.69, 9.17) is 21.3 Å². The fourth-order valence-corrected chi connectivity index (χ4v) is 3.05. The first kappa shape index (κ1) is 20.1. The summed E-state index contributed by atoms with van der Waals surface area (Å²) in [5, 5.41) is 39.7. The Morgan fingerprint density at radius 2 is 2.07 bits per heavy atom. The molecule has 2 aromatic heterocycles. The van der Waals surface area contributed by atoms with Gasteiger partial charge in [-0.15, -0.1) is 0 Å². The Morgan fingerprint density at radius 3 is 2.79 bits per heavy atom. The molecule has 6 atom stereocenters. The largest absolute Gasteiger partial charge is 0.480 e. The monoisotopic (exact) mass is 394 g/mol. The Hall–Kier alpha value is -2.64. The van der Waals surface area contributed by atoms with Crippen molar-refractivity contribution in [2.24, 2.45) is 5.73 Å². The number of nitrogens with zero attached hydrogens (tertiary/aromatic N) is 4. The normalized spacial score (nSPS) is 27.4. The molecule has 12 nitrogen and oxygen atoms in total. The molecule has 0 aliphatic carbocycles. The van der Waals surface area contributed by atoms with Gasteiger partial charge in [-0.25, -0.2) is 15.0 Å². The molecule has 0 radical (unpaired) electrons. The van der Waals surface area contributed by atoms with Crippen LogP contribution >= 0.6 is 0 Å². The molecule has 2 aromatic rings. The van der Waals surface area contributed by atoms with Crippen molar-refractivity contribution >= 4 is 23.0 Å². The van der Waals surface area contributed by atoms with Crippen LogP contribution < -0.4 is 11.5 Å². The zero-order valence-electron chi connectivity index (χ0n) is 14.7. The number of aromatic nitrogens is 4. The molecule has 1 aliphatic heterocycles. The second-order valence-corrected chi connectivity index (χ2v) is 6.49. The number of carbonyl (C=O) groups is 1. The van der Waals surface area contributed by atoms with Crippen LogP contribution in [0.25, 0.3) is 11.2 Å². The van der Waals surface area contributed by atoms with Gasteiger partial charge in [0.1, 0.15) is 36.2 Å². The fraction of sp³-hybridized carbons (Fsp3) is 0.500. The van der Waals surface area contributed by atoms with Gasteiger partial charge in [-0.3, -0.25) is 9.36 Å². The Morgan fingerprint density at radius 1 is 1.32 bits per heavy atom. The molecule has 1 fully saturated rings. The Bertz CT molecular complexity index is 872. The van der Waals surface area contributed by atoms with Gasteiger partial charge in [-0.05, 0) is 12.8 Å². The van der Waals surface area contributed by atoms with E-state index in [-0.39, 0.29) is 12.2 Å². The van der Waals surface area contributed by atoms with E-state index in [2.05, 4.69) is 15.0 Å². The minimum atomic E-state index is -1.35. The van der Waals surface area contributed by atoms with E-state index < -0.39 is 42.7 Å². The summed E-state index contributed by atoms with van der Waals surface area (Å²) in [6, 6.07) is -1.12. The van der Waals surface area contributed by atoms with Gasteiger partial charge >= 0.3 is 5.97 Å². The first-order chi connectivity index (χ1) is 13.3. The molecule has 2 unspecified atom stereocenters. The number of nitrogens with two attached hydrogens (primary N) is 2. The van der Waals surface area contributed by atoms with E-state index in [0.717, 1.165) is 0 Å². The highest BCUT2D eigenvalue weighted by molar-refractivity contribution is 5.81. The lowest BCUT2D eigenvalue weighted by Gasteiger charge is -2.20. The maximum Gasteiger partial charge on any atom is 0.324 e. The lowest BCUT2D eigenvalue weighted by atomic mass is 10.0. The molecule has 8 N–H and O–H groups in total. The van der Waals surface area contributed by atoms with Gasteiger partial charge in [0.15, 0.2) is 17.7 Å². The number of rotatable bonds is 7. The highest BCUT2D eigenvalue weighted by Gasteiger charge is 2.47. The van der Waals surface area contributed by atoms with Gasteiger partial charge in [0, 0.05) is 0 Å². The van der Waals surface area contributed by atoms with Crippen molar-refractivity contribution in [3.63, 3.8) is 0 Å². The van der Waals surface area contributed by atoms with Crippen molar-refractivity contribution in [1.82, 2.24) is 19.5 Å². The van der Waals surface area contributed by atoms with Gasteiger partial charge in [-0.2, -0.15) is 0 Å². The molecule has 0 spiro atoms. The Kier molecular flexibility index (Phi) is 5.86. The molecule has 0 bridgehead atoms. The predicted octanol–water partition coefficient (Wildman–Crippen LogP) is -1.86. The van der Waals surface area contributed by atoms with Crippen molar-refractivity contribution in [3.8, 4) is 0 Å². The number of ether oxygens (including phenoxy) is 1. The summed E-state index contributed by atoms with van der Waals surface area (Å²) in [5.74, 6) is -0.992. The third-order valence-corrected chi connectivity index (χ3v) is 4.57.